The Balaban J connectivity index is 2.21. The van der Waals surface area contributed by atoms with E-state index in [0.717, 1.165) is 5.56 Å². The maximum absolute atomic E-state index is 11.0. The topological polar surface area (TPSA) is 26.3 Å². The van der Waals surface area contributed by atoms with E-state index < -0.39 is 9.21 Å². The molecule has 1 aromatic carbocycles. The van der Waals surface area contributed by atoms with E-state index in [1.165, 1.54) is 0 Å². The van der Waals surface area contributed by atoms with Crippen molar-refractivity contribution >= 4 is 72.1 Å². The van der Waals surface area contributed by atoms with Crippen molar-refractivity contribution in [2.75, 3.05) is 0 Å². The number of hydrogen-bond donors (Lipinski definition) is 0. The van der Waals surface area contributed by atoms with E-state index >= 15 is 0 Å². The molecule has 2 nitrogen and oxygen atoms in total. The van der Waals surface area contributed by atoms with Gasteiger partial charge in [-0.15, -0.1) is 11.6 Å². The summed E-state index contributed by atoms with van der Waals surface area (Å²) in [7, 11) is 0. The molecule has 2 rings (SSSR count). The van der Waals surface area contributed by atoms with Crippen LogP contribution in [0.4, 0.5) is 4.79 Å². The molecule has 0 saturated heterocycles. The molecule has 1 fully saturated rings. The first-order valence-corrected chi connectivity index (χ1v) is 9.06. The maximum atomic E-state index is 11.0. The van der Waals surface area contributed by atoms with Crippen LogP contribution in [0.2, 0.25) is 5.02 Å². The molecule has 4 atom stereocenters. The molecular formula is C14H13Br2Cl3O2. The minimum absolute atomic E-state index is 0.0350. The number of rotatable bonds is 4. The normalized spacial score (nSPS) is 27.6. The molecule has 1 aliphatic rings. The van der Waals surface area contributed by atoms with E-state index in [1.807, 2.05) is 26.0 Å². The number of hydrogen-bond acceptors (Lipinski definition) is 2. The Morgan fingerprint density at radius 2 is 1.90 bits per heavy atom. The predicted molar refractivity (Wildman–Crippen MR) is 94.0 cm³/mol. The molecule has 1 aromatic rings. The summed E-state index contributed by atoms with van der Waals surface area (Å²) in [5.41, 5.74) is -0.121. The summed E-state index contributed by atoms with van der Waals surface area (Å²) in [4.78, 5) is 10.8. The van der Waals surface area contributed by atoms with Crippen molar-refractivity contribution in [1.29, 1.82) is 0 Å². The first-order valence-electron chi connectivity index (χ1n) is 6.22. The predicted octanol–water partition coefficient (Wildman–Crippen LogP) is 6.29. The summed E-state index contributed by atoms with van der Waals surface area (Å²) in [6, 6.07) is 7.28. The molecule has 1 saturated carbocycles. The van der Waals surface area contributed by atoms with Gasteiger partial charge in [0, 0.05) is 28.0 Å². The van der Waals surface area contributed by atoms with Crippen LogP contribution in [0.5, 0.6) is 0 Å². The van der Waals surface area contributed by atoms with Gasteiger partial charge in [-0.2, -0.15) is 0 Å². The Hall–Kier alpha value is 0.520. The van der Waals surface area contributed by atoms with E-state index in [0.29, 0.717) is 5.02 Å². The number of carbonyl (C=O) groups is 1. The van der Waals surface area contributed by atoms with Crippen LogP contribution >= 0.6 is 66.7 Å². The Kier molecular flexibility index (Phi) is 5.27. The van der Waals surface area contributed by atoms with E-state index in [1.54, 1.807) is 12.1 Å². The maximum Gasteiger partial charge on any atom is 0.404 e. The molecule has 1 aliphatic carbocycles. The molecule has 0 aromatic heterocycles. The Morgan fingerprint density at radius 1 is 1.38 bits per heavy atom. The second-order valence-electron chi connectivity index (χ2n) is 5.65. The Morgan fingerprint density at radius 3 is 2.38 bits per heavy atom. The van der Waals surface area contributed by atoms with Crippen LogP contribution in [0, 0.1) is 11.3 Å². The molecule has 0 spiro atoms. The van der Waals surface area contributed by atoms with Gasteiger partial charge >= 0.3 is 5.43 Å². The zero-order chi connectivity index (χ0) is 16.0. The molecule has 0 unspecified atom stereocenters. The van der Waals surface area contributed by atoms with E-state index in [9.17, 15) is 4.79 Å². The fourth-order valence-corrected chi connectivity index (χ4v) is 4.80. The minimum Gasteiger partial charge on any atom is -0.449 e. The second-order valence-corrected chi connectivity index (χ2v) is 9.69. The molecule has 0 N–H and O–H groups in total. The zero-order valence-electron chi connectivity index (χ0n) is 11.2. The summed E-state index contributed by atoms with van der Waals surface area (Å²) in [5, 5.41) is 0.644. The zero-order valence-corrected chi connectivity index (χ0v) is 16.7. The van der Waals surface area contributed by atoms with Crippen LogP contribution in [0.25, 0.3) is 0 Å². The highest BCUT2D eigenvalue weighted by molar-refractivity contribution is 9.12. The number of alkyl halides is 3. The van der Waals surface area contributed by atoms with Crippen molar-refractivity contribution < 1.29 is 9.53 Å². The Bertz CT molecular complexity index is 546. The summed E-state index contributed by atoms with van der Waals surface area (Å²) in [5.74, 6) is 0.0350. The lowest BCUT2D eigenvalue weighted by Crippen LogP contribution is -2.27. The first kappa shape index (κ1) is 17.9. The number of carbonyl (C=O) groups excluding carboxylic acids is 1. The smallest absolute Gasteiger partial charge is 0.404 e. The molecule has 0 bridgehead atoms. The van der Waals surface area contributed by atoms with Crippen LogP contribution in [0.1, 0.15) is 19.4 Å². The van der Waals surface area contributed by atoms with Crippen molar-refractivity contribution in [3.63, 3.8) is 0 Å². The highest BCUT2D eigenvalue weighted by Crippen LogP contribution is 2.63. The van der Waals surface area contributed by atoms with Gasteiger partial charge < -0.3 is 4.74 Å². The average Bonchev–Trinajstić information content (AvgIpc) is 2.89. The van der Waals surface area contributed by atoms with Crippen LogP contribution in [-0.4, -0.2) is 16.4 Å². The van der Waals surface area contributed by atoms with E-state index in [4.69, 9.17) is 39.5 Å². The van der Waals surface area contributed by atoms with Crippen molar-refractivity contribution in [2.24, 2.45) is 11.3 Å². The SMILES string of the molecule is CC1(C)[C@H]([C@H](Br)[C@](Cl)(Br)c2ccc(Cl)cc2)[C@H]1OC(=O)Cl. The second kappa shape index (κ2) is 6.20. The third kappa shape index (κ3) is 3.55. The van der Waals surface area contributed by atoms with Gasteiger partial charge in [0.15, 0.2) is 0 Å². The summed E-state index contributed by atoms with van der Waals surface area (Å²) < 4.78 is 4.32. The number of ether oxygens (including phenoxy) is 1. The van der Waals surface area contributed by atoms with Gasteiger partial charge in [-0.1, -0.05) is 69.4 Å². The lowest BCUT2D eigenvalue weighted by molar-refractivity contribution is 0.148. The lowest BCUT2D eigenvalue weighted by Gasteiger charge is -2.27. The van der Waals surface area contributed by atoms with Gasteiger partial charge in [-0.05, 0) is 17.7 Å². The van der Waals surface area contributed by atoms with Gasteiger partial charge in [-0.25, -0.2) is 4.79 Å². The molecular weight excluding hydrogens is 466 g/mol. The molecule has 0 heterocycles. The number of halogens is 5. The van der Waals surface area contributed by atoms with Crippen LogP contribution in [-0.2, 0) is 8.52 Å². The molecule has 7 heteroatoms. The van der Waals surface area contributed by atoms with Crippen LogP contribution < -0.4 is 0 Å². The van der Waals surface area contributed by atoms with Gasteiger partial charge in [-0.3, -0.25) is 0 Å². The molecule has 0 radical (unpaired) electrons. The lowest BCUT2D eigenvalue weighted by atomic mass is 10.0. The highest BCUT2D eigenvalue weighted by atomic mass is 79.9. The summed E-state index contributed by atoms with van der Waals surface area (Å²) in [6.07, 6.45) is -0.269. The third-order valence-corrected chi connectivity index (χ3v) is 7.80. The Labute approximate surface area is 155 Å². The first-order chi connectivity index (χ1) is 9.58. The standard InChI is InChI=1S/C14H13Br2Cl3O2/c1-13(2)9(11(13)21-12(18)20)10(15)14(16,19)7-3-5-8(17)6-4-7/h3-6,9-11H,1-2H3/t9-,10+,11-,14+/m1/s1. The minimum atomic E-state index is -0.840. The quantitative estimate of drug-likeness (QED) is 0.375. The van der Waals surface area contributed by atoms with Crippen molar-refractivity contribution in [1.82, 2.24) is 0 Å². The van der Waals surface area contributed by atoms with Crippen LogP contribution in [0.3, 0.4) is 0 Å². The monoisotopic (exact) mass is 476 g/mol. The van der Waals surface area contributed by atoms with Crippen molar-refractivity contribution in [3.05, 3.63) is 34.9 Å². The third-order valence-electron chi connectivity index (χ3n) is 3.92. The van der Waals surface area contributed by atoms with E-state index in [-0.39, 0.29) is 22.3 Å². The largest absolute Gasteiger partial charge is 0.449 e. The molecule has 116 valence electrons. The summed E-state index contributed by atoms with van der Waals surface area (Å²) >= 11 is 25.1. The fraction of sp³-hybridized carbons (Fsp3) is 0.500. The van der Waals surface area contributed by atoms with Crippen LogP contribution in [0.15, 0.2) is 24.3 Å². The van der Waals surface area contributed by atoms with Gasteiger partial charge in [0.25, 0.3) is 0 Å². The van der Waals surface area contributed by atoms with Gasteiger partial charge in [0.1, 0.15) is 9.89 Å². The highest BCUT2D eigenvalue weighted by Gasteiger charge is 2.66. The molecule has 0 amide bonds. The average molecular weight is 479 g/mol. The molecule has 21 heavy (non-hydrogen) atoms. The van der Waals surface area contributed by atoms with Crippen molar-refractivity contribution in [3.8, 4) is 0 Å². The van der Waals surface area contributed by atoms with Gasteiger partial charge in [0.05, 0.1) is 4.83 Å². The van der Waals surface area contributed by atoms with Gasteiger partial charge in [0.2, 0.25) is 0 Å². The summed E-state index contributed by atoms with van der Waals surface area (Å²) in [6.45, 7) is 4.02. The fourth-order valence-electron chi connectivity index (χ4n) is 2.54. The number of benzene rings is 1. The van der Waals surface area contributed by atoms with Crippen molar-refractivity contribution in [2.45, 2.75) is 28.6 Å². The molecule has 0 aliphatic heterocycles. The van der Waals surface area contributed by atoms with E-state index in [2.05, 4.69) is 31.9 Å².